The highest BCUT2D eigenvalue weighted by Gasteiger charge is 2.37. The average molecular weight is 408 g/mol. The molecule has 0 aliphatic carbocycles. The first-order valence-corrected chi connectivity index (χ1v) is 8.27. The van der Waals surface area contributed by atoms with Crippen molar-refractivity contribution in [2.75, 3.05) is 5.01 Å². The summed E-state index contributed by atoms with van der Waals surface area (Å²) in [4.78, 5) is 12.6. The van der Waals surface area contributed by atoms with Gasteiger partial charge in [0.2, 0.25) is 6.04 Å². The van der Waals surface area contributed by atoms with E-state index in [-0.39, 0.29) is 21.6 Å². The number of azo groups is 1. The summed E-state index contributed by atoms with van der Waals surface area (Å²) in [7, 11) is 0. The smallest absolute Gasteiger partial charge is 0.282 e. The summed E-state index contributed by atoms with van der Waals surface area (Å²) in [5.41, 5.74) is 6.93. The Kier molecular flexibility index (Phi) is 5.09. The Morgan fingerprint density at radius 2 is 1.77 bits per heavy atom. The second-order valence-electron chi connectivity index (χ2n) is 5.17. The largest absolute Gasteiger partial charge is 0.383 e. The van der Waals surface area contributed by atoms with Crippen LogP contribution in [0.4, 0.5) is 11.4 Å². The summed E-state index contributed by atoms with van der Waals surface area (Å²) < 4.78 is 0. The van der Waals surface area contributed by atoms with E-state index in [1.807, 2.05) is 6.07 Å². The van der Waals surface area contributed by atoms with Crippen LogP contribution in [-0.4, -0.2) is 17.8 Å². The summed E-state index contributed by atoms with van der Waals surface area (Å²) >= 11 is 18.1. The molecule has 0 fully saturated rings. The molecule has 0 saturated carbocycles. The summed E-state index contributed by atoms with van der Waals surface area (Å²) in [5.74, 6) is -0.597. The van der Waals surface area contributed by atoms with Crippen molar-refractivity contribution >= 4 is 57.9 Å². The second kappa shape index (κ2) is 7.30. The number of amides is 1. The standard InChI is InChI=1S/C16H9Cl3N6O/c17-9-5-11(18)14(12(19)6-9)25-16(26)13(15(21)24-25)23-22-10-3-1-8(7-20)2-4-10/h1-6,13H,(H2,21,24). The quantitative estimate of drug-likeness (QED) is 0.767. The molecule has 1 aliphatic rings. The fraction of sp³-hybridized carbons (Fsp3) is 0.0625. The molecule has 0 bridgehead atoms. The number of anilines is 1. The Morgan fingerprint density at radius 1 is 1.15 bits per heavy atom. The van der Waals surface area contributed by atoms with Crippen molar-refractivity contribution in [3.63, 3.8) is 0 Å². The molecule has 1 heterocycles. The van der Waals surface area contributed by atoms with Gasteiger partial charge in [-0.25, -0.2) is 0 Å². The van der Waals surface area contributed by atoms with Gasteiger partial charge in [0, 0.05) is 5.02 Å². The van der Waals surface area contributed by atoms with E-state index in [0.717, 1.165) is 5.01 Å². The van der Waals surface area contributed by atoms with E-state index in [1.54, 1.807) is 24.3 Å². The molecule has 1 unspecified atom stereocenters. The second-order valence-corrected chi connectivity index (χ2v) is 6.42. The fourth-order valence-corrected chi connectivity index (χ4v) is 3.17. The summed E-state index contributed by atoms with van der Waals surface area (Å²) in [6, 6.07) is 10.1. The molecule has 130 valence electrons. The van der Waals surface area contributed by atoms with Crippen molar-refractivity contribution in [3.05, 3.63) is 57.0 Å². The molecule has 3 rings (SSSR count). The number of hydrogen-bond acceptors (Lipinski definition) is 6. The topological polar surface area (TPSA) is 107 Å². The lowest BCUT2D eigenvalue weighted by molar-refractivity contribution is -0.117. The summed E-state index contributed by atoms with van der Waals surface area (Å²) in [5, 5.41) is 22.3. The van der Waals surface area contributed by atoms with E-state index in [1.165, 1.54) is 12.1 Å². The normalized spacial score (nSPS) is 16.8. The van der Waals surface area contributed by atoms with E-state index in [2.05, 4.69) is 15.3 Å². The van der Waals surface area contributed by atoms with Gasteiger partial charge in [0.05, 0.1) is 27.4 Å². The molecule has 0 aromatic heterocycles. The van der Waals surface area contributed by atoms with E-state index >= 15 is 0 Å². The minimum absolute atomic E-state index is 0.0468. The predicted octanol–water partition coefficient (Wildman–Crippen LogP) is 4.29. The highest BCUT2D eigenvalue weighted by molar-refractivity contribution is 6.42. The maximum Gasteiger partial charge on any atom is 0.282 e. The van der Waals surface area contributed by atoms with Crippen molar-refractivity contribution in [2.45, 2.75) is 6.04 Å². The van der Waals surface area contributed by atoms with Gasteiger partial charge in [-0.3, -0.25) is 4.79 Å². The fourth-order valence-electron chi connectivity index (χ4n) is 2.19. The van der Waals surface area contributed by atoms with E-state index < -0.39 is 11.9 Å². The van der Waals surface area contributed by atoms with Crippen LogP contribution in [0, 0.1) is 11.3 Å². The van der Waals surface area contributed by atoms with E-state index in [9.17, 15) is 4.79 Å². The van der Waals surface area contributed by atoms with Gasteiger partial charge in [-0.1, -0.05) is 34.8 Å². The summed E-state index contributed by atoms with van der Waals surface area (Å²) in [6.07, 6.45) is 0. The number of hydrazone groups is 1. The number of nitriles is 1. The van der Waals surface area contributed by atoms with Crippen LogP contribution in [0.2, 0.25) is 15.1 Å². The first-order chi connectivity index (χ1) is 12.4. The third-order valence-electron chi connectivity index (χ3n) is 3.42. The number of carbonyl (C=O) groups is 1. The molecule has 1 atom stereocenters. The zero-order chi connectivity index (χ0) is 18.8. The molecule has 2 aromatic carbocycles. The van der Waals surface area contributed by atoms with Crippen LogP contribution in [0.5, 0.6) is 0 Å². The zero-order valence-electron chi connectivity index (χ0n) is 12.9. The molecular weight excluding hydrogens is 399 g/mol. The van der Waals surface area contributed by atoms with Crippen LogP contribution < -0.4 is 10.7 Å². The van der Waals surface area contributed by atoms with Gasteiger partial charge in [0.25, 0.3) is 5.91 Å². The molecule has 0 saturated heterocycles. The number of nitrogens with zero attached hydrogens (tertiary/aromatic N) is 5. The number of nitrogens with two attached hydrogens (primary N) is 1. The van der Waals surface area contributed by atoms with Crippen molar-refractivity contribution in [1.29, 1.82) is 5.26 Å². The van der Waals surface area contributed by atoms with Crippen molar-refractivity contribution in [1.82, 2.24) is 0 Å². The van der Waals surface area contributed by atoms with Gasteiger partial charge in [-0.2, -0.15) is 20.5 Å². The lowest BCUT2D eigenvalue weighted by Gasteiger charge is -2.15. The molecule has 10 heteroatoms. The first-order valence-electron chi connectivity index (χ1n) is 7.14. The number of halogens is 3. The van der Waals surface area contributed by atoms with E-state index in [4.69, 9.17) is 45.8 Å². The van der Waals surface area contributed by atoms with Gasteiger partial charge >= 0.3 is 0 Å². The average Bonchev–Trinajstić information content (AvgIpc) is 2.87. The van der Waals surface area contributed by atoms with Crippen LogP contribution in [0.3, 0.4) is 0 Å². The van der Waals surface area contributed by atoms with Crippen LogP contribution in [0.1, 0.15) is 5.56 Å². The van der Waals surface area contributed by atoms with E-state index in [0.29, 0.717) is 16.3 Å². The van der Waals surface area contributed by atoms with Gasteiger partial charge in [-0.05, 0) is 36.4 Å². The Labute approximate surface area is 163 Å². The molecule has 1 amide bonds. The lowest BCUT2D eigenvalue weighted by atomic mass is 10.2. The molecule has 26 heavy (non-hydrogen) atoms. The molecular formula is C16H9Cl3N6O. The highest BCUT2D eigenvalue weighted by atomic mass is 35.5. The highest BCUT2D eigenvalue weighted by Crippen LogP contribution is 2.38. The maximum absolute atomic E-state index is 12.6. The van der Waals surface area contributed by atoms with Crippen LogP contribution in [0.15, 0.2) is 51.7 Å². The minimum atomic E-state index is -1.10. The lowest BCUT2D eigenvalue weighted by Crippen LogP contribution is -2.33. The SMILES string of the molecule is N#Cc1ccc(N=NC2C(=O)N(c3c(Cl)cc(Cl)cc3Cl)N=C2N)cc1. The monoisotopic (exact) mass is 406 g/mol. The number of rotatable bonds is 3. The van der Waals surface area contributed by atoms with Crippen LogP contribution in [-0.2, 0) is 4.79 Å². The van der Waals surface area contributed by atoms with Crippen molar-refractivity contribution in [2.24, 2.45) is 21.1 Å². The van der Waals surface area contributed by atoms with Crippen LogP contribution in [0.25, 0.3) is 0 Å². The van der Waals surface area contributed by atoms with Gasteiger partial charge in [-0.15, -0.1) is 5.10 Å². The maximum atomic E-state index is 12.6. The number of hydrogen-bond donors (Lipinski definition) is 1. The molecule has 0 spiro atoms. The third-order valence-corrected chi connectivity index (χ3v) is 4.21. The number of amidine groups is 1. The van der Waals surface area contributed by atoms with Crippen molar-refractivity contribution < 1.29 is 4.79 Å². The predicted molar refractivity (Wildman–Crippen MR) is 100 cm³/mol. The van der Waals surface area contributed by atoms with Crippen LogP contribution >= 0.6 is 34.8 Å². The number of benzene rings is 2. The third kappa shape index (κ3) is 3.48. The molecule has 0 radical (unpaired) electrons. The Hall–Kier alpha value is -2.66. The molecule has 2 aromatic rings. The van der Waals surface area contributed by atoms with Crippen molar-refractivity contribution in [3.8, 4) is 6.07 Å². The summed E-state index contributed by atoms with van der Waals surface area (Å²) in [6.45, 7) is 0. The molecule has 2 N–H and O–H groups in total. The molecule has 1 aliphatic heterocycles. The van der Waals surface area contributed by atoms with Gasteiger partial charge in [0.1, 0.15) is 5.69 Å². The Morgan fingerprint density at radius 3 is 2.35 bits per heavy atom. The first kappa shape index (κ1) is 18.1. The molecule has 7 nitrogen and oxygen atoms in total. The zero-order valence-corrected chi connectivity index (χ0v) is 15.2. The number of carbonyl (C=O) groups excluding carboxylic acids is 1. The minimum Gasteiger partial charge on any atom is -0.383 e. The Bertz CT molecular complexity index is 957. The van der Waals surface area contributed by atoms with Gasteiger partial charge < -0.3 is 5.73 Å². The van der Waals surface area contributed by atoms with Gasteiger partial charge in [0.15, 0.2) is 5.84 Å². The Balaban J connectivity index is 1.86.